The summed E-state index contributed by atoms with van der Waals surface area (Å²) in [5.74, 6) is 1.78. The van der Waals surface area contributed by atoms with Gasteiger partial charge in [-0.2, -0.15) is 0 Å². The lowest BCUT2D eigenvalue weighted by Crippen LogP contribution is -2.45. The van der Waals surface area contributed by atoms with Gasteiger partial charge in [0.25, 0.3) is 0 Å². The Bertz CT molecular complexity index is 727. The summed E-state index contributed by atoms with van der Waals surface area (Å²) in [5.41, 5.74) is 1.16. The Morgan fingerprint density at radius 2 is 2.25 bits per heavy atom. The van der Waals surface area contributed by atoms with Crippen LogP contribution in [0, 0.1) is 0 Å². The normalized spacial score (nSPS) is 16.7. The summed E-state index contributed by atoms with van der Waals surface area (Å²) in [7, 11) is 1.69. The number of guanidine groups is 1. The summed E-state index contributed by atoms with van der Waals surface area (Å²) in [6.07, 6.45) is 3.57. The summed E-state index contributed by atoms with van der Waals surface area (Å²) in [4.78, 5) is 6.95. The number of hydrogen-bond donors (Lipinski definition) is 2. The molecule has 6 nitrogen and oxygen atoms in total. The molecule has 1 aromatic carbocycles. The molecule has 8 heteroatoms. The van der Waals surface area contributed by atoms with Gasteiger partial charge in [0.15, 0.2) is 5.96 Å². The van der Waals surface area contributed by atoms with Gasteiger partial charge in [0, 0.05) is 49.9 Å². The molecule has 1 aliphatic heterocycles. The van der Waals surface area contributed by atoms with Gasteiger partial charge in [0.1, 0.15) is 5.76 Å². The molecule has 1 unspecified atom stereocenters. The van der Waals surface area contributed by atoms with Gasteiger partial charge < -0.3 is 24.7 Å². The zero-order chi connectivity index (χ0) is 18.9. The van der Waals surface area contributed by atoms with E-state index in [9.17, 15) is 0 Å². The van der Waals surface area contributed by atoms with Crippen molar-refractivity contribution in [2.45, 2.75) is 18.9 Å². The Morgan fingerprint density at radius 3 is 3.00 bits per heavy atom. The van der Waals surface area contributed by atoms with Crippen molar-refractivity contribution in [3.05, 3.63) is 53.4 Å². The first-order chi connectivity index (χ1) is 13.2. The second-order valence-electron chi connectivity index (χ2n) is 6.54. The van der Waals surface area contributed by atoms with E-state index >= 15 is 0 Å². The topological polar surface area (TPSA) is 62.0 Å². The van der Waals surface area contributed by atoms with Gasteiger partial charge >= 0.3 is 0 Å². The first kappa shape index (κ1) is 22.8. The lowest BCUT2D eigenvalue weighted by Gasteiger charge is -2.20. The SMILES string of the molecule is COCCN=C(NCCc1ccco1)NC1CCN(c2cccc(Cl)c2)C1.I. The van der Waals surface area contributed by atoms with Gasteiger partial charge in [-0.15, -0.1) is 24.0 Å². The fourth-order valence-electron chi connectivity index (χ4n) is 3.14. The molecule has 1 atom stereocenters. The highest BCUT2D eigenvalue weighted by molar-refractivity contribution is 14.0. The summed E-state index contributed by atoms with van der Waals surface area (Å²) < 4.78 is 10.5. The Morgan fingerprint density at radius 1 is 1.36 bits per heavy atom. The van der Waals surface area contributed by atoms with Crippen molar-refractivity contribution in [1.82, 2.24) is 10.6 Å². The summed E-state index contributed by atoms with van der Waals surface area (Å²) >= 11 is 6.12. The van der Waals surface area contributed by atoms with Crippen molar-refractivity contribution >= 4 is 47.2 Å². The summed E-state index contributed by atoms with van der Waals surface area (Å²) in [6, 6.07) is 12.2. The third-order valence-corrected chi connectivity index (χ3v) is 4.75. The van der Waals surface area contributed by atoms with Crippen molar-refractivity contribution in [1.29, 1.82) is 0 Å². The van der Waals surface area contributed by atoms with Crippen molar-refractivity contribution in [2.24, 2.45) is 4.99 Å². The molecule has 0 radical (unpaired) electrons. The van der Waals surface area contributed by atoms with E-state index in [-0.39, 0.29) is 24.0 Å². The van der Waals surface area contributed by atoms with E-state index in [0.717, 1.165) is 54.9 Å². The highest BCUT2D eigenvalue weighted by atomic mass is 127. The highest BCUT2D eigenvalue weighted by Crippen LogP contribution is 2.23. The molecule has 0 aliphatic carbocycles. The Labute approximate surface area is 188 Å². The predicted molar refractivity (Wildman–Crippen MR) is 125 cm³/mol. The number of anilines is 1. The number of nitrogens with one attached hydrogen (secondary N) is 2. The molecule has 2 N–H and O–H groups in total. The first-order valence-electron chi connectivity index (χ1n) is 9.31. The molecule has 28 heavy (non-hydrogen) atoms. The van der Waals surface area contributed by atoms with E-state index in [2.05, 4.69) is 26.6 Å². The number of benzene rings is 1. The number of halogens is 2. The Hall–Kier alpha value is -1.45. The highest BCUT2D eigenvalue weighted by Gasteiger charge is 2.23. The van der Waals surface area contributed by atoms with Crippen LogP contribution in [0.25, 0.3) is 0 Å². The number of rotatable bonds is 8. The maximum atomic E-state index is 6.12. The van der Waals surface area contributed by atoms with Crippen LogP contribution in [0.1, 0.15) is 12.2 Å². The van der Waals surface area contributed by atoms with Crippen molar-refractivity contribution in [2.75, 3.05) is 44.8 Å². The molecule has 1 fully saturated rings. The molecule has 1 aliphatic rings. The third kappa shape index (κ3) is 7.18. The molecule has 2 aromatic rings. The van der Waals surface area contributed by atoms with Crippen molar-refractivity contribution in [3.63, 3.8) is 0 Å². The molecule has 1 saturated heterocycles. The smallest absolute Gasteiger partial charge is 0.191 e. The van der Waals surface area contributed by atoms with Gasteiger partial charge in [0.05, 0.1) is 19.4 Å². The van der Waals surface area contributed by atoms with Crippen molar-refractivity contribution in [3.8, 4) is 0 Å². The number of nitrogens with zero attached hydrogens (tertiary/aromatic N) is 2. The second-order valence-corrected chi connectivity index (χ2v) is 6.97. The quantitative estimate of drug-likeness (QED) is 0.242. The minimum Gasteiger partial charge on any atom is -0.469 e. The van der Waals surface area contributed by atoms with Crippen LogP contribution < -0.4 is 15.5 Å². The second kappa shape index (κ2) is 12.2. The average Bonchev–Trinajstić information content (AvgIpc) is 3.34. The van der Waals surface area contributed by atoms with Gasteiger partial charge in [-0.05, 0) is 36.8 Å². The van der Waals surface area contributed by atoms with Gasteiger partial charge in [0.2, 0.25) is 0 Å². The number of ether oxygens (including phenoxy) is 1. The number of methoxy groups -OCH3 is 1. The lowest BCUT2D eigenvalue weighted by molar-refractivity contribution is 0.208. The summed E-state index contributed by atoms with van der Waals surface area (Å²) in [5, 5.41) is 7.71. The van der Waals surface area contributed by atoms with E-state index in [1.54, 1.807) is 13.4 Å². The molecular formula is C20H28ClIN4O2. The zero-order valence-electron chi connectivity index (χ0n) is 16.1. The molecule has 2 heterocycles. The van der Waals surface area contributed by atoms with Crippen LogP contribution in [0.15, 0.2) is 52.1 Å². The molecule has 0 saturated carbocycles. The van der Waals surface area contributed by atoms with Gasteiger partial charge in [-0.3, -0.25) is 4.99 Å². The third-order valence-electron chi connectivity index (χ3n) is 4.51. The average molecular weight is 519 g/mol. The standard InChI is InChI=1S/C20H27ClN4O2.HI/c1-26-13-10-23-20(22-9-7-19-6-3-12-27-19)24-17-8-11-25(15-17)18-5-2-4-16(21)14-18;/h2-6,12,14,17H,7-11,13,15H2,1H3,(H2,22,23,24);1H. The number of hydrogen-bond acceptors (Lipinski definition) is 4. The van der Waals surface area contributed by atoms with Crippen LogP contribution >= 0.6 is 35.6 Å². The Balaban J connectivity index is 0.00000280. The van der Waals surface area contributed by atoms with Crippen LogP contribution in [0.3, 0.4) is 0 Å². The van der Waals surface area contributed by atoms with E-state index < -0.39 is 0 Å². The van der Waals surface area contributed by atoms with Crippen LogP contribution in [-0.2, 0) is 11.2 Å². The number of aliphatic imine (C=N–C) groups is 1. The van der Waals surface area contributed by atoms with Crippen LogP contribution in [0.4, 0.5) is 5.69 Å². The van der Waals surface area contributed by atoms with Gasteiger partial charge in [-0.1, -0.05) is 17.7 Å². The fraction of sp³-hybridized carbons (Fsp3) is 0.450. The van der Waals surface area contributed by atoms with E-state index in [0.29, 0.717) is 19.2 Å². The molecule has 0 bridgehead atoms. The zero-order valence-corrected chi connectivity index (χ0v) is 19.2. The molecule has 1 aromatic heterocycles. The molecule has 154 valence electrons. The maximum absolute atomic E-state index is 6.12. The molecular weight excluding hydrogens is 491 g/mol. The minimum absolute atomic E-state index is 0. The number of furan rings is 1. The largest absolute Gasteiger partial charge is 0.469 e. The van der Waals surface area contributed by atoms with Crippen molar-refractivity contribution < 1.29 is 9.15 Å². The molecule has 3 rings (SSSR count). The van der Waals surface area contributed by atoms with Crippen LogP contribution in [0.5, 0.6) is 0 Å². The fourth-order valence-corrected chi connectivity index (χ4v) is 3.32. The first-order valence-corrected chi connectivity index (χ1v) is 9.69. The Kier molecular flexibility index (Phi) is 9.94. The van der Waals surface area contributed by atoms with E-state index in [1.807, 2.05) is 30.3 Å². The molecule has 0 spiro atoms. The molecule has 0 amide bonds. The van der Waals surface area contributed by atoms with E-state index in [4.69, 9.17) is 20.8 Å². The minimum atomic E-state index is 0. The summed E-state index contributed by atoms with van der Waals surface area (Å²) in [6.45, 7) is 3.90. The van der Waals surface area contributed by atoms with Crippen LogP contribution in [-0.4, -0.2) is 51.9 Å². The monoisotopic (exact) mass is 518 g/mol. The predicted octanol–water partition coefficient (Wildman–Crippen LogP) is 3.55. The van der Waals surface area contributed by atoms with E-state index in [1.165, 1.54) is 0 Å². The maximum Gasteiger partial charge on any atom is 0.191 e. The lowest BCUT2D eigenvalue weighted by atomic mass is 10.2. The van der Waals surface area contributed by atoms with Gasteiger partial charge in [-0.25, -0.2) is 0 Å². The van der Waals surface area contributed by atoms with Crippen LogP contribution in [0.2, 0.25) is 5.02 Å².